The fourth-order valence-corrected chi connectivity index (χ4v) is 2.37. The summed E-state index contributed by atoms with van der Waals surface area (Å²) < 4.78 is 5.47. The molecule has 14 heavy (non-hydrogen) atoms. The molecule has 0 bridgehead atoms. The summed E-state index contributed by atoms with van der Waals surface area (Å²) in [6, 6.07) is 0.841. The Kier molecular flexibility index (Phi) is 3.13. The Bertz CT molecular complexity index is 181. The third kappa shape index (κ3) is 2.29. The Hall–Kier alpha value is -0.0800. The van der Waals surface area contributed by atoms with E-state index in [4.69, 9.17) is 4.74 Å². The molecule has 2 heteroatoms. The third-order valence-corrected chi connectivity index (χ3v) is 4.03. The van der Waals surface area contributed by atoms with Crippen molar-refractivity contribution in [3.05, 3.63) is 0 Å². The molecule has 82 valence electrons. The molecule has 1 aliphatic heterocycles. The summed E-state index contributed by atoms with van der Waals surface area (Å²) in [5.74, 6) is 0.776. The van der Waals surface area contributed by atoms with Crippen molar-refractivity contribution in [2.75, 3.05) is 19.8 Å². The highest BCUT2D eigenvalue weighted by molar-refractivity contribution is 4.90. The summed E-state index contributed by atoms with van der Waals surface area (Å²) >= 11 is 0. The normalized spacial score (nSPS) is 26.8. The van der Waals surface area contributed by atoms with Crippen LogP contribution in [0.2, 0.25) is 0 Å². The van der Waals surface area contributed by atoms with Gasteiger partial charge in [0, 0.05) is 25.8 Å². The molecule has 1 N–H and O–H groups in total. The van der Waals surface area contributed by atoms with Crippen LogP contribution in [-0.2, 0) is 4.74 Å². The van der Waals surface area contributed by atoms with E-state index >= 15 is 0 Å². The minimum Gasteiger partial charge on any atom is -0.381 e. The lowest BCUT2D eigenvalue weighted by molar-refractivity contribution is -0.00993. The second-order valence-corrected chi connectivity index (χ2v) is 5.28. The summed E-state index contributed by atoms with van der Waals surface area (Å²) in [5.41, 5.74) is 0.515. The van der Waals surface area contributed by atoms with Crippen LogP contribution in [0.25, 0.3) is 0 Å². The predicted molar refractivity (Wildman–Crippen MR) is 58.3 cm³/mol. The molecule has 0 unspecified atom stereocenters. The first-order valence-corrected chi connectivity index (χ1v) is 6.04. The van der Waals surface area contributed by atoms with E-state index in [1.54, 1.807) is 0 Å². The minimum atomic E-state index is 0.515. The quantitative estimate of drug-likeness (QED) is 0.746. The van der Waals surface area contributed by atoms with Crippen molar-refractivity contribution >= 4 is 0 Å². The predicted octanol–water partition coefficient (Wildman–Crippen LogP) is 2.19. The van der Waals surface area contributed by atoms with E-state index in [0.29, 0.717) is 5.41 Å². The van der Waals surface area contributed by atoms with Gasteiger partial charge in [0.1, 0.15) is 0 Å². The molecule has 1 aliphatic carbocycles. The first-order chi connectivity index (χ1) is 6.73. The fourth-order valence-electron chi connectivity index (χ4n) is 2.37. The van der Waals surface area contributed by atoms with Crippen molar-refractivity contribution in [2.45, 2.75) is 45.6 Å². The SMILES string of the molecule is CC(C)C1(CNC2CC2)CCOCC1. The smallest absolute Gasteiger partial charge is 0.0471 e. The van der Waals surface area contributed by atoms with Crippen LogP contribution in [-0.4, -0.2) is 25.8 Å². The largest absolute Gasteiger partial charge is 0.381 e. The molecule has 2 aliphatic rings. The van der Waals surface area contributed by atoms with E-state index in [1.165, 1.54) is 32.2 Å². The van der Waals surface area contributed by atoms with E-state index in [1.807, 2.05) is 0 Å². The van der Waals surface area contributed by atoms with Gasteiger partial charge in [-0.1, -0.05) is 13.8 Å². The van der Waals surface area contributed by atoms with Gasteiger partial charge >= 0.3 is 0 Å². The number of nitrogens with one attached hydrogen (secondary N) is 1. The second kappa shape index (κ2) is 4.19. The molecule has 0 atom stereocenters. The van der Waals surface area contributed by atoms with Crippen molar-refractivity contribution in [1.82, 2.24) is 5.32 Å². The molecular weight excluding hydrogens is 174 g/mol. The molecule has 0 radical (unpaired) electrons. The van der Waals surface area contributed by atoms with Gasteiger partial charge in [0.25, 0.3) is 0 Å². The highest BCUT2D eigenvalue weighted by Crippen LogP contribution is 2.38. The molecule has 0 aromatic rings. The van der Waals surface area contributed by atoms with Crippen LogP contribution in [0.1, 0.15) is 39.5 Å². The van der Waals surface area contributed by atoms with Crippen molar-refractivity contribution in [1.29, 1.82) is 0 Å². The molecular formula is C12H23NO. The highest BCUT2D eigenvalue weighted by Gasteiger charge is 2.36. The molecule has 0 aromatic heterocycles. The zero-order valence-corrected chi connectivity index (χ0v) is 9.51. The fraction of sp³-hybridized carbons (Fsp3) is 1.00. The van der Waals surface area contributed by atoms with Gasteiger partial charge in [-0.3, -0.25) is 0 Å². The molecule has 1 saturated carbocycles. The minimum absolute atomic E-state index is 0.515. The van der Waals surface area contributed by atoms with E-state index in [2.05, 4.69) is 19.2 Å². The van der Waals surface area contributed by atoms with E-state index in [0.717, 1.165) is 25.2 Å². The van der Waals surface area contributed by atoms with Crippen LogP contribution in [0.3, 0.4) is 0 Å². The summed E-state index contributed by atoms with van der Waals surface area (Å²) in [6.07, 6.45) is 5.27. The van der Waals surface area contributed by atoms with E-state index in [-0.39, 0.29) is 0 Å². The van der Waals surface area contributed by atoms with Gasteiger partial charge in [0.05, 0.1) is 0 Å². The van der Waals surface area contributed by atoms with Crippen molar-refractivity contribution in [3.63, 3.8) is 0 Å². The monoisotopic (exact) mass is 197 g/mol. The van der Waals surface area contributed by atoms with Crippen LogP contribution in [0, 0.1) is 11.3 Å². The summed E-state index contributed by atoms with van der Waals surface area (Å²) in [6.45, 7) is 7.85. The van der Waals surface area contributed by atoms with Gasteiger partial charge in [0.2, 0.25) is 0 Å². The summed E-state index contributed by atoms with van der Waals surface area (Å²) in [4.78, 5) is 0. The van der Waals surface area contributed by atoms with E-state index < -0.39 is 0 Å². The van der Waals surface area contributed by atoms with Crippen LogP contribution in [0.4, 0.5) is 0 Å². The molecule has 2 nitrogen and oxygen atoms in total. The van der Waals surface area contributed by atoms with Gasteiger partial charge in [-0.15, -0.1) is 0 Å². The maximum Gasteiger partial charge on any atom is 0.0471 e. The second-order valence-electron chi connectivity index (χ2n) is 5.28. The van der Waals surface area contributed by atoms with Gasteiger partial charge in [0.15, 0.2) is 0 Å². The van der Waals surface area contributed by atoms with Crippen LogP contribution in [0.15, 0.2) is 0 Å². The Morgan fingerprint density at radius 1 is 1.29 bits per heavy atom. The van der Waals surface area contributed by atoms with Gasteiger partial charge in [-0.25, -0.2) is 0 Å². The standard InChI is InChI=1S/C12H23NO/c1-10(2)12(5-7-14-8-6-12)9-13-11-3-4-11/h10-11,13H,3-9H2,1-2H3. The average molecular weight is 197 g/mol. The van der Waals surface area contributed by atoms with Crippen molar-refractivity contribution in [2.24, 2.45) is 11.3 Å². The molecule has 1 saturated heterocycles. The lowest BCUT2D eigenvalue weighted by Crippen LogP contribution is -2.43. The average Bonchev–Trinajstić information content (AvgIpc) is 2.99. The van der Waals surface area contributed by atoms with Crippen LogP contribution >= 0.6 is 0 Å². The van der Waals surface area contributed by atoms with Gasteiger partial charge in [-0.05, 0) is 37.0 Å². The summed E-state index contributed by atoms with van der Waals surface area (Å²) in [7, 11) is 0. The Labute approximate surface area is 87.4 Å². The molecule has 2 fully saturated rings. The molecule has 0 amide bonds. The molecule has 1 heterocycles. The summed E-state index contributed by atoms with van der Waals surface area (Å²) in [5, 5.41) is 3.69. The maximum atomic E-state index is 5.47. The number of hydrogen-bond acceptors (Lipinski definition) is 2. The number of hydrogen-bond donors (Lipinski definition) is 1. The first kappa shape index (κ1) is 10.4. The number of rotatable bonds is 4. The maximum absolute atomic E-state index is 5.47. The van der Waals surface area contributed by atoms with Crippen molar-refractivity contribution in [3.8, 4) is 0 Å². The Balaban J connectivity index is 1.89. The Morgan fingerprint density at radius 2 is 1.93 bits per heavy atom. The van der Waals surface area contributed by atoms with E-state index in [9.17, 15) is 0 Å². The van der Waals surface area contributed by atoms with Crippen molar-refractivity contribution < 1.29 is 4.74 Å². The van der Waals surface area contributed by atoms with Crippen LogP contribution < -0.4 is 5.32 Å². The topological polar surface area (TPSA) is 21.3 Å². The Morgan fingerprint density at radius 3 is 2.43 bits per heavy atom. The lowest BCUT2D eigenvalue weighted by Gasteiger charge is -2.41. The zero-order chi connectivity index (χ0) is 10.0. The lowest BCUT2D eigenvalue weighted by atomic mass is 9.71. The van der Waals surface area contributed by atoms with Gasteiger partial charge in [-0.2, -0.15) is 0 Å². The molecule has 0 aromatic carbocycles. The highest BCUT2D eigenvalue weighted by atomic mass is 16.5. The van der Waals surface area contributed by atoms with Crippen LogP contribution in [0.5, 0.6) is 0 Å². The molecule has 0 spiro atoms. The third-order valence-electron chi connectivity index (χ3n) is 4.03. The zero-order valence-electron chi connectivity index (χ0n) is 9.51. The first-order valence-electron chi connectivity index (χ1n) is 6.04. The number of ether oxygens (including phenoxy) is 1. The molecule has 2 rings (SSSR count). The van der Waals surface area contributed by atoms with Gasteiger partial charge < -0.3 is 10.1 Å².